The molecule has 0 spiro atoms. The molecule has 1 heterocycles. The van der Waals surface area contributed by atoms with Crippen molar-refractivity contribution in [3.05, 3.63) is 70.8 Å². The lowest BCUT2D eigenvalue weighted by molar-refractivity contribution is -0.132. The number of guanidine groups is 1. The average molecular weight is 563 g/mol. The van der Waals surface area contributed by atoms with Crippen molar-refractivity contribution in [2.45, 2.75) is 32.4 Å². The van der Waals surface area contributed by atoms with Crippen molar-refractivity contribution in [1.82, 2.24) is 20.4 Å². The summed E-state index contributed by atoms with van der Waals surface area (Å²) in [6.07, 6.45) is 2.20. The smallest absolute Gasteiger partial charge is 0.253 e. The third-order valence-corrected chi connectivity index (χ3v) is 5.63. The third-order valence-electron chi connectivity index (χ3n) is 5.63. The van der Waals surface area contributed by atoms with Gasteiger partial charge in [-0.1, -0.05) is 36.4 Å². The number of benzene rings is 2. The lowest BCUT2D eigenvalue weighted by atomic mass is 9.99. The molecule has 1 aliphatic heterocycles. The standard InChI is InChI=1S/C25H33N5O2.HI/c1-26-25(28-17-19-10-12-21(13-11-19)24(32)29(2)3)27-15-6-9-23(31)30-16-14-20-7-4-5-8-22(20)18-30;/h4-5,7-8,10-13H,6,9,14-18H2,1-3H3,(H2,26,27,28);1H. The predicted octanol–water partition coefficient (Wildman–Crippen LogP) is 3.04. The monoisotopic (exact) mass is 563 g/mol. The normalized spacial score (nSPS) is 12.9. The molecule has 0 aliphatic carbocycles. The van der Waals surface area contributed by atoms with E-state index in [1.165, 1.54) is 11.1 Å². The first-order valence-corrected chi connectivity index (χ1v) is 11.1. The van der Waals surface area contributed by atoms with Crippen molar-refractivity contribution in [2.75, 3.05) is 34.2 Å². The Balaban J connectivity index is 0.00000385. The SMILES string of the molecule is CN=C(NCCCC(=O)N1CCc2ccccc2C1)NCc1ccc(C(=O)N(C)C)cc1.I. The molecule has 0 fully saturated rings. The minimum absolute atomic E-state index is 0. The molecule has 3 rings (SSSR count). The molecule has 33 heavy (non-hydrogen) atoms. The summed E-state index contributed by atoms with van der Waals surface area (Å²) in [5.41, 5.74) is 4.34. The van der Waals surface area contributed by atoms with Gasteiger partial charge >= 0.3 is 0 Å². The van der Waals surface area contributed by atoms with Crippen LogP contribution in [-0.2, 0) is 24.3 Å². The number of rotatable bonds is 7. The van der Waals surface area contributed by atoms with Crippen LogP contribution in [0.3, 0.4) is 0 Å². The van der Waals surface area contributed by atoms with E-state index in [1.54, 1.807) is 26.0 Å². The van der Waals surface area contributed by atoms with Crippen LogP contribution in [0.2, 0.25) is 0 Å². The molecule has 0 aromatic heterocycles. The van der Waals surface area contributed by atoms with Crippen molar-refractivity contribution < 1.29 is 9.59 Å². The molecular weight excluding hydrogens is 529 g/mol. The Kier molecular flexibility index (Phi) is 10.6. The van der Waals surface area contributed by atoms with Gasteiger partial charge in [-0.05, 0) is 41.7 Å². The number of halogens is 1. The molecular formula is C25H34IN5O2. The second-order valence-corrected chi connectivity index (χ2v) is 8.19. The lowest BCUT2D eigenvalue weighted by Crippen LogP contribution is -2.38. The van der Waals surface area contributed by atoms with Crippen molar-refractivity contribution in [3.8, 4) is 0 Å². The molecule has 178 valence electrons. The summed E-state index contributed by atoms with van der Waals surface area (Å²) in [7, 11) is 5.21. The molecule has 2 aromatic carbocycles. The maximum atomic E-state index is 12.6. The highest BCUT2D eigenvalue weighted by Crippen LogP contribution is 2.19. The molecule has 8 heteroatoms. The van der Waals surface area contributed by atoms with Gasteiger partial charge in [-0.15, -0.1) is 24.0 Å². The predicted molar refractivity (Wildman–Crippen MR) is 143 cm³/mol. The Morgan fingerprint density at radius 2 is 1.73 bits per heavy atom. The van der Waals surface area contributed by atoms with Crippen molar-refractivity contribution in [1.29, 1.82) is 0 Å². The van der Waals surface area contributed by atoms with Gasteiger partial charge < -0.3 is 20.4 Å². The third kappa shape index (κ3) is 7.73. The maximum Gasteiger partial charge on any atom is 0.253 e. The van der Waals surface area contributed by atoms with E-state index in [2.05, 4.69) is 33.8 Å². The molecule has 0 radical (unpaired) electrons. The zero-order valence-corrected chi connectivity index (χ0v) is 22.0. The highest BCUT2D eigenvalue weighted by Gasteiger charge is 2.19. The lowest BCUT2D eigenvalue weighted by Gasteiger charge is -2.29. The van der Waals surface area contributed by atoms with Crippen LogP contribution >= 0.6 is 24.0 Å². The first-order valence-electron chi connectivity index (χ1n) is 11.1. The summed E-state index contributed by atoms with van der Waals surface area (Å²) < 4.78 is 0. The van der Waals surface area contributed by atoms with Crippen molar-refractivity contribution >= 4 is 41.8 Å². The Morgan fingerprint density at radius 1 is 1.03 bits per heavy atom. The van der Waals surface area contributed by atoms with Crippen LogP contribution in [0.5, 0.6) is 0 Å². The molecule has 1 aliphatic rings. The van der Waals surface area contributed by atoms with E-state index in [-0.39, 0.29) is 35.8 Å². The molecule has 2 aromatic rings. The zero-order chi connectivity index (χ0) is 22.9. The fraction of sp³-hybridized carbons (Fsp3) is 0.400. The number of hydrogen-bond acceptors (Lipinski definition) is 3. The summed E-state index contributed by atoms with van der Waals surface area (Å²) in [5.74, 6) is 0.889. The highest BCUT2D eigenvalue weighted by atomic mass is 127. The van der Waals surface area contributed by atoms with Gasteiger partial charge in [-0.3, -0.25) is 14.6 Å². The van der Waals surface area contributed by atoms with E-state index in [4.69, 9.17) is 0 Å². The van der Waals surface area contributed by atoms with E-state index in [0.717, 1.165) is 24.9 Å². The fourth-order valence-electron chi connectivity index (χ4n) is 3.74. The van der Waals surface area contributed by atoms with E-state index in [0.29, 0.717) is 37.6 Å². The van der Waals surface area contributed by atoms with Crippen LogP contribution in [-0.4, -0.2) is 61.8 Å². The summed E-state index contributed by atoms with van der Waals surface area (Å²) in [5, 5.41) is 6.53. The van der Waals surface area contributed by atoms with E-state index < -0.39 is 0 Å². The Morgan fingerprint density at radius 3 is 2.39 bits per heavy atom. The highest BCUT2D eigenvalue weighted by molar-refractivity contribution is 14.0. The Bertz CT molecular complexity index is 960. The van der Waals surface area contributed by atoms with Gasteiger partial charge in [-0.25, -0.2) is 0 Å². The fourth-order valence-corrected chi connectivity index (χ4v) is 3.74. The Hall–Kier alpha value is -2.62. The average Bonchev–Trinajstić information content (AvgIpc) is 2.83. The summed E-state index contributed by atoms with van der Waals surface area (Å²) in [6.45, 7) is 2.78. The quantitative estimate of drug-likeness (QED) is 0.235. The number of aliphatic imine (C=N–C) groups is 1. The summed E-state index contributed by atoms with van der Waals surface area (Å²) in [6, 6.07) is 15.9. The largest absolute Gasteiger partial charge is 0.356 e. The molecule has 0 unspecified atom stereocenters. The van der Waals surface area contributed by atoms with Gasteiger partial charge in [0.05, 0.1) is 0 Å². The zero-order valence-electron chi connectivity index (χ0n) is 19.6. The summed E-state index contributed by atoms with van der Waals surface area (Å²) >= 11 is 0. The molecule has 0 saturated heterocycles. The Labute approximate surface area is 213 Å². The van der Waals surface area contributed by atoms with Gasteiger partial charge in [0.25, 0.3) is 5.91 Å². The number of fused-ring (bicyclic) bond motifs is 1. The first kappa shape index (κ1) is 26.6. The van der Waals surface area contributed by atoms with Gasteiger partial charge in [0.1, 0.15) is 0 Å². The number of carbonyl (C=O) groups excluding carboxylic acids is 2. The van der Waals surface area contributed by atoms with Crippen LogP contribution in [0.4, 0.5) is 0 Å². The van der Waals surface area contributed by atoms with Gasteiger partial charge in [0, 0.05) is 59.3 Å². The van der Waals surface area contributed by atoms with Crippen molar-refractivity contribution in [3.63, 3.8) is 0 Å². The van der Waals surface area contributed by atoms with Crippen LogP contribution < -0.4 is 10.6 Å². The van der Waals surface area contributed by atoms with Gasteiger partial charge in [0.2, 0.25) is 5.91 Å². The number of nitrogens with zero attached hydrogens (tertiary/aromatic N) is 3. The minimum atomic E-state index is -0.00899. The number of nitrogens with one attached hydrogen (secondary N) is 2. The topological polar surface area (TPSA) is 77.0 Å². The van der Waals surface area contributed by atoms with Crippen molar-refractivity contribution in [2.24, 2.45) is 4.99 Å². The molecule has 7 nitrogen and oxygen atoms in total. The number of amides is 2. The molecule has 2 N–H and O–H groups in total. The second-order valence-electron chi connectivity index (χ2n) is 8.19. The van der Waals surface area contributed by atoms with Crippen LogP contribution in [0, 0.1) is 0 Å². The molecule has 0 saturated carbocycles. The van der Waals surface area contributed by atoms with Gasteiger partial charge in [-0.2, -0.15) is 0 Å². The summed E-state index contributed by atoms with van der Waals surface area (Å²) in [4.78, 5) is 32.3. The van der Waals surface area contributed by atoms with Crippen LogP contribution in [0.25, 0.3) is 0 Å². The number of carbonyl (C=O) groups is 2. The van der Waals surface area contributed by atoms with E-state index in [1.807, 2.05) is 35.2 Å². The first-order chi connectivity index (χ1) is 15.5. The van der Waals surface area contributed by atoms with Crippen LogP contribution in [0.1, 0.15) is 39.9 Å². The van der Waals surface area contributed by atoms with Crippen LogP contribution in [0.15, 0.2) is 53.5 Å². The molecule has 0 bridgehead atoms. The van der Waals surface area contributed by atoms with E-state index >= 15 is 0 Å². The maximum absolute atomic E-state index is 12.6. The minimum Gasteiger partial charge on any atom is -0.356 e. The molecule has 0 atom stereocenters. The number of hydrogen-bond donors (Lipinski definition) is 2. The van der Waals surface area contributed by atoms with Gasteiger partial charge in [0.15, 0.2) is 5.96 Å². The second kappa shape index (κ2) is 13.2. The van der Waals surface area contributed by atoms with E-state index in [9.17, 15) is 9.59 Å². The molecule has 2 amide bonds.